The highest BCUT2D eigenvalue weighted by Gasteiger charge is 2.49. The number of nitrogens with one attached hydrogen (secondary N) is 1. The standard InChI is InChI=1S/C20H25ClN4O4/c1-3-20(4-2)18(28)25(19(29)22-20)13-16(26)23-9-11-24(12-10-23)17(27)14-5-7-15(21)8-6-14/h5-8H,3-4,9-13H2,1-2H3,(H,22,29). The lowest BCUT2D eigenvalue weighted by molar-refractivity contribution is -0.139. The molecule has 9 heteroatoms. The molecule has 2 saturated heterocycles. The summed E-state index contributed by atoms with van der Waals surface area (Å²) in [6.07, 6.45) is 0.953. The highest BCUT2D eigenvalue weighted by atomic mass is 35.5. The molecule has 0 aromatic heterocycles. The van der Waals surface area contributed by atoms with Gasteiger partial charge in [0.25, 0.3) is 11.8 Å². The minimum atomic E-state index is -0.916. The van der Waals surface area contributed by atoms with Gasteiger partial charge < -0.3 is 15.1 Å². The summed E-state index contributed by atoms with van der Waals surface area (Å²) in [6, 6.07) is 6.16. The number of piperazine rings is 1. The van der Waals surface area contributed by atoms with Crippen LogP contribution in [0, 0.1) is 0 Å². The van der Waals surface area contributed by atoms with Gasteiger partial charge in [0.15, 0.2) is 0 Å². The Hall–Kier alpha value is -2.61. The third-order valence-corrected chi connectivity index (χ3v) is 6.01. The molecule has 8 nitrogen and oxygen atoms in total. The number of carbonyl (C=O) groups excluding carboxylic acids is 4. The van der Waals surface area contributed by atoms with Gasteiger partial charge in [0.2, 0.25) is 5.91 Å². The number of imide groups is 1. The number of hydrogen-bond acceptors (Lipinski definition) is 4. The fourth-order valence-corrected chi connectivity index (χ4v) is 3.84. The van der Waals surface area contributed by atoms with Crippen molar-refractivity contribution in [3.8, 4) is 0 Å². The molecule has 1 aromatic carbocycles. The summed E-state index contributed by atoms with van der Waals surface area (Å²) >= 11 is 5.86. The van der Waals surface area contributed by atoms with Gasteiger partial charge in [-0.3, -0.25) is 19.3 Å². The lowest BCUT2D eigenvalue weighted by Crippen LogP contribution is -2.53. The molecule has 29 heavy (non-hydrogen) atoms. The predicted octanol–water partition coefficient (Wildman–Crippen LogP) is 1.74. The van der Waals surface area contributed by atoms with Gasteiger partial charge in [0.05, 0.1) is 0 Å². The number of benzene rings is 1. The lowest BCUT2D eigenvalue weighted by Gasteiger charge is -2.35. The Morgan fingerprint density at radius 3 is 2.07 bits per heavy atom. The third kappa shape index (κ3) is 4.07. The van der Waals surface area contributed by atoms with Gasteiger partial charge in [-0.1, -0.05) is 25.4 Å². The molecule has 0 atom stereocenters. The van der Waals surface area contributed by atoms with Crippen molar-refractivity contribution >= 4 is 35.4 Å². The first kappa shape index (κ1) is 21.1. The molecular weight excluding hydrogens is 396 g/mol. The van der Waals surface area contributed by atoms with Crippen LogP contribution in [-0.4, -0.2) is 76.7 Å². The maximum absolute atomic E-state index is 12.7. The fourth-order valence-electron chi connectivity index (χ4n) is 3.72. The molecule has 0 bridgehead atoms. The van der Waals surface area contributed by atoms with Crippen molar-refractivity contribution in [1.82, 2.24) is 20.0 Å². The zero-order chi connectivity index (χ0) is 21.2. The number of carbonyl (C=O) groups is 4. The Bertz CT molecular complexity index is 814. The van der Waals surface area contributed by atoms with Crippen molar-refractivity contribution < 1.29 is 19.2 Å². The summed E-state index contributed by atoms with van der Waals surface area (Å²) in [7, 11) is 0. The van der Waals surface area contributed by atoms with Crippen LogP contribution in [0.5, 0.6) is 0 Å². The molecule has 0 aliphatic carbocycles. The quantitative estimate of drug-likeness (QED) is 0.734. The van der Waals surface area contributed by atoms with E-state index in [-0.39, 0.29) is 24.3 Å². The normalized spacial score (nSPS) is 18.8. The van der Waals surface area contributed by atoms with E-state index in [1.165, 1.54) is 0 Å². The van der Waals surface area contributed by atoms with Crippen molar-refractivity contribution in [2.45, 2.75) is 32.2 Å². The van der Waals surface area contributed by atoms with Crippen LogP contribution in [0.3, 0.4) is 0 Å². The lowest BCUT2D eigenvalue weighted by atomic mass is 9.93. The molecular formula is C20H25ClN4O4. The Balaban J connectivity index is 1.56. The van der Waals surface area contributed by atoms with E-state index in [0.717, 1.165) is 4.90 Å². The van der Waals surface area contributed by atoms with Crippen LogP contribution in [0.4, 0.5) is 4.79 Å². The van der Waals surface area contributed by atoms with Gasteiger partial charge in [-0.15, -0.1) is 0 Å². The molecule has 1 N–H and O–H groups in total. The smallest absolute Gasteiger partial charge is 0.325 e. The van der Waals surface area contributed by atoms with Crippen molar-refractivity contribution in [3.05, 3.63) is 34.9 Å². The maximum Gasteiger partial charge on any atom is 0.325 e. The van der Waals surface area contributed by atoms with Crippen LogP contribution in [0.2, 0.25) is 5.02 Å². The molecule has 3 rings (SSSR count). The summed E-state index contributed by atoms with van der Waals surface area (Å²) in [5.74, 6) is -0.758. The number of hydrogen-bond donors (Lipinski definition) is 1. The van der Waals surface area contributed by atoms with Crippen molar-refractivity contribution in [1.29, 1.82) is 0 Å². The van der Waals surface area contributed by atoms with Crippen LogP contribution in [0.15, 0.2) is 24.3 Å². The summed E-state index contributed by atoms with van der Waals surface area (Å²) in [6.45, 7) is 4.89. The number of rotatable bonds is 5. The summed E-state index contributed by atoms with van der Waals surface area (Å²) < 4.78 is 0. The number of amides is 5. The third-order valence-electron chi connectivity index (χ3n) is 5.76. The van der Waals surface area contributed by atoms with Gasteiger partial charge in [0.1, 0.15) is 12.1 Å². The van der Waals surface area contributed by atoms with E-state index in [1.54, 1.807) is 34.1 Å². The first-order chi connectivity index (χ1) is 13.8. The minimum Gasteiger partial charge on any atom is -0.338 e. The molecule has 1 aromatic rings. The Kier molecular flexibility index (Phi) is 6.12. The van der Waals surface area contributed by atoms with Crippen LogP contribution in [0.25, 0.3) is 0 Å². The zero-order valence-electron chi connectivity index (χ0n) is 16.6. The summed E-state index contributed by atoms with van der Waals surface area (Å²) in [4.78, 5) is 54.4. The fraction of sp³-hybridized carbons (Fsp3) is 0.500. The minimum absolute atomic E-state index is 0.112. The molecule has 0 unspecified atom stereocenters. The Labute approximate surface area is 174 Å². The second-order valence-corrected chi connectivity index (χ2v) is 7.73. The van der Waals surface area contributed by atoms with Gasteiger partial charge in [-0.2, -0.15) is 0 Å². The number of urea groups is 1. The SMILES string of the molecule is CCC1(CC)NC(=O)N(CC(=O)N2CCN(C(=O)c3ccc(Cl)cc3)CC2)C1=O. The molecule has 2 heterocycles. The van der Waals surface area contributed by atoms with E-state index >= 15 is 0 Å². The molecule has 0 radical (unpaired) electrons. The number of nitrogens with zero attached hydrogens (tertiary/aromatic N) is 3. The van der Waals surface area contributed by atoms with Gasteiger partial charge >= 0.3 is 6.03 Å². The highest BCUT2D eigenvalue weighted by molar-refractivity contribution is 6.30. The van der Waals surface area contributed by atoms with Crippen molar-refractivity contribution in [2.24, 2.45) is 0 Å². The van der Waals surface area contributed by atoms with Gasteiger partial charge in [-0.05, 0) is 37.1 Å². The second-order valence-electron chi connectivity index (χ2n) is 7.29. The van der Waals surface area contributed by atoms with Crippen molar-refractivity contribution in [2.75, 3.05) is 32.7 Å². The van der Waals surface area contributed by atoms with E-state index in [9.17, 15) is 19.2 Å². The van der Waals surface area contributed by atoms with Crippen LogP contribution in [0.1, 0.15) is 37.0 Å². The maximum atomic E-state index is 12.7. The van der Waals surface area contributed by atoms with Crippen LogP contribution < -0.4 is 5.32 Å². The molecule has 156 valence electrons. The average Bonchev–Trinajstić information content (AvgIpc) is 2.98. The monoisotopic (exact) mass is 420 g/mol. The van der Waals surface area contributed by atoms with Crippen molar-refractivity contribution in [3.63, 3.8) is 0 Å². The molecule has 2 aliphatic rings. The summed E-state index contributed by atoms with van der Waals surface area (Å²) in [5, 5.41) is 3.29. The average molecular weight is 421 g/mol. The molecule has 0 saturated carbocycles. The van der Waals surface area contributed by atoms with Gasteiger partial charge in [-0.25, -0.2) is 4.79 Å². The Morgan fingerprint density at radius 2 is 1.55 bits per heavy atom. The Morgan fingerprint density at radius 1 is 1.00 bits per heavy atom. The largest absolute Gasteiger partial charge is 0.338 e. The second kappa shape index (κ2) is 8.41. The first-order valence-corrected chi connectivity index (χ1v) is 10.2. The molecule has 2 aliphatic heterocycles. The van der Waals surface area contributed by atoms with Gasteiger partial charge in [0, 0.05) is 36.8 Å². The molecule has 0 spiro atoms. The van der Waals surface area contributed by atoms with Crippen LogP contribution >= 0.6 is 11.6 Å². The molecule has 5 amide bonds. The van der Waals surface area contributed by atoms with E-state index < -0.39 is 11.6 Å². The summed E-state index contributed by atoms with van der Waals surface area (Å²) in [5.41, 5.74) is -0.370. The van der Waals surface area contributed by atoms with E-state index in [1.807, 2.05) is 13.8 Å². The van der Waals surface area contributed by atoms with E-state index in [4.69, 9.17) is 11.6 Å². The van der Waals surface area contributed by atoms with E-state index in [2.05, 4.69) is 5.32 Å². The van der Waals surface area contributed by atoms with Crippen LogP contribution in [-0.2, 0) is 9.59 Å². The topological polar surface area (TPSA) is 90.0 Å². The van der Waals surface area contributed by atoms with E-state index in [0.29, 0.717) is 49.6 Å². The predicted molar refractivity (Wildman–Crippen MR) is 107 cm³/mol. The highest BCUT2D eigenvalue weighted by Crippen LogP contribution is 2.25. The zero-order valence-corrected chi connectivity index (χ0v) is 17.4. The first-order valence-electron chi connectivity index (χ1n) is 9.78. The number of halogens is 1. The molecule has 2 fully saturated rings.